The van der Waals surface area contributed by atoms with Crippen LogP contribution in [0.25, 0.3) is 0 Å². The number of aromatic carboxylic acids is 1. The maximum absolute atomic E-state index is 12.1. The van der Waals surface area contributed by atoms with Gasteiger partial charge in [0.15, 0.2) is 0 Å². The lowest BCUT2D eigenvalue weighted by Crippen LogP contribution is -2.17. The van der Waals surface area contributed by atoms with Gasteiger partial charge in [-0.15, -0.1) is 0 Å². The number of hydrogen-bond donors (Lipinski definition) is 3. The molecule has 2 aromatic rings. The van der Waals surface area contributed by atoms with Crippen LogP contribution in [0.2, 0.25) is 0 Å². The smallest absolute Gasteiger partial charge is 0.337 e. The number of H-pyrrole nitrogens is 1. The number of carboxylic acids is 1. The number of carbonyl (C=O) groups excluding carboxylic acids is 1. The van der Waals surface area contributed by atoms with Gasteiger partial charge in [-0.2, -0.15) is 0 Å². The first-order valence-electron chi connectivity index (χ1n) is 5.61. The predicted octanol–water partition coefficient (Wildman–Crippen LogP) is 2.85. The van der Waals surface area contributed by atoms with E-state index in [9.17, 15) is 19.5 Å². The summed E-state index contributed by atoms with van der Waals surface area (Å²) in [5.41, 5.74) is -0.0423. The van der Waals surface area contributed by atoms with Crippen LogP contribution in [0.3, 0.4) is 0 Å². The van der Waals surface area contributed by atoms with Crippen molar-refractivity contribution in [3.63, 3.8) is 0 Å². The second-order valence-corrected chi connectivity index (χ2v) is 5.78. The van der Waals surface area contributed by atoms with Gasteiger partial charge in [0.1, 0.15) is 0 Å². The molecule has 3 N–H and O–H groups in total. The van der Waals surface area contributed by atoms with Crippen LogP contribution in [0.5, 0.6) is 0 Å². The summed E-state index contributed by atoms with van der Waals surface area (Å²) in [4.78, 5) is 36.7. The van der Waals surface area contributed by atoms with E-state index in [1.807, 2.05) is 0 Å². The van der Waals surface area contributed by atoms with E-state index >= 15 is 0 Å². The Morgan fingerprint density at radius 1 is 1.19 bits per heavy atom. The van der Waals surface area contributed by atoms with Crippen molar-refractivity contribution in [1.82, 2.24) is 4.98 Å². The number of benzene rings is 1. The summed E-state index contributed by atoms with van der Waals surface area (Å²) < 4.78 is 0.987. The molecule has 0 spiro atoms. The van der Waals surface area contributed by atoms with Crippen molar-refractivity contribution >= 4 is 49.4 Å². The van der Waals surface area contributed by atoms with E-state index in [1.165, 1.54) is 24.4 Å². The second-order valence-electron chi connectivity index (χ2n) is 4.01. The third-order valence-electron chi connectivity index (χ3n) is 2.57. The van der Waals surface area contributed by atoms with Crippen molar-refractivity contribution in [2.75, 3.05) is 5.32 Å². The molecule has 2 rings (SSSR count). The van der Waals surface area contributed by atoms with Gasteiger partial charge in [-0.05, 0) is 34.1 Å². The molecule has 1 amide bonds. The number of pyridine rings is 1. The Balaban J connectivity index is 2.39. The summed E-state index contributed by atoms with van der Waals surface area (Å²) in [7, 11) is 0. The van der Waals surface area contributed by atoms with Crippen LogP contribution < -0.4 is 10.9 Å². The van der Waals surface area contributed by atoms with Crippen molar-refractivity contribution in [2.45, 2.75) is 0 Å². The minimum absolute atomic E-state index is 0.0611. The number of hydrogen-bond acceptors (Lipinski definition) is 3. The van der Waals surface area contributed by atoms with Crippen LogP contribution in [0.1, 0.15) is 20.7 Å². The quantitative estimate of drug-likeness (QED) is 0.717. The van der Waals surface area contributed by atoms with Crippen molar-refractivity contribution in [1.29, 1.82) is 0 Å². The van der Waals surface area contributed by atoms with E-state index in [0.29, 0.717) is 8.95 Å². The summed E-state index contributed by atoms with van der Waals surface area (Å²) in [6, 6.07) is 5.56. The molecule has 0 saturated carbocycles. The normalized spacial score (nSPS) is 10.2. The van der Waals surface area contributed by atoms with E-state index in [1.54, 1.807) is 6.07 Å². The Kier molecular flexibility index (Phi) is 4.59. The zero-order valence-electron chi connectivity index (χ0n) is 10.3. The molecule has 1 heterocycles. The van der Waals surface area contributed by atoms with Gasteiger partial charge in [-0.3, -0.25) is 9.59 Å². The van der Waals surface area contributed by atoms with Crippen LogP contribution in [-0.4, -0.2) is 22.0 Å². The average molecular weight is 416 g/mol. The van der Waals surface area contributed by atoms with Gasteiger partial charge in [-0.1, -0.05) is 15.9 Å². The maximum Gasteiger partial charge on any atom is 0.337 e. The van der Waals surface area contributed by atoms with E-state index in [2.05, 4.69) is 42.2 Å². The van der Waals surface area contributed by atoms with Gasteiger partial charge >= 0.3 is 5.97 Å². The zero-order chi connectivity index (χ0) is 15.6. The van der Waals surface area contributed by atoms with Gasteiger partial charge in [0.2, 0.25) is 5.56 Å². The fourth-order valence-electron chi connectivity index (χ4n) is 1.61. The molecule has 0 aliphatic carbocycles. The fourth-order valence-corrected chi connectivity index (χ4v) is 2.93. The minimum Gasteiger partial charge on any atom is -0.478 e. The molecular weight excluding hydrogens is 408 g/mol. The summed E-state index contributed by atoms with van der Waals surface area (Å²) in [5, 5.41) is 11.7. The summed E-state index contributed by atoms with van der Waals surface area (Å²) in [6.07, 6.45) is 1.25. The van der Waals surface area contributed by atoms with Crippen molar-refractivity contribution in [2.24, 2.45) is 0 Å². The van der Waals surface area contributed by atoms with E-state index in [0.717, 1.165) is 0 Å². The fraction of sp³-hybridized carbons (Fsp3) is 0. The number of carbonyl (C=O) groups is 2. The highest BCUT2D eigenvalue weighted by Crippen LogP contribution is 2.31. The average Bonchev–Trinajstić information content (AvgIpc) is 2.41. The number of nitrogens with one attached hydrogen (secondary N) is 2. The van der Waals surface area contributed by atoms with Crippen LogP contribution in [0.15, 0.2) is 44.2 Å². The largest absolute Gasteiger partial charge is 0.478 e. The van der Waals surface area contributed by atoms with Gasteiger partial charge < -0.3 is 15.4 Å². The lowest BCUT2D eigenvalue weighted by atomic mass is 10.1. The highest BCUT2D eigenvalue weighted by atomic mass is 79.9. The zero-order valence-corrected chi connectivity index (χ0v) is 13.5. The Bertz CT molecular complexity index is 766. The number of amides is 1. The highest BCUT2D eigenvalue weighted by Gasteiger charge is 2.17. The van der Waals surface area contributed by atoms with Crippen LogP contribution >= 0.6 is 31.9 Å². The molecule has 108 valence electrons. The van der Waals surface area contributed by atoms with E-state index in [-0.39, 0.29) is 22.4 Å². The molecule has 0 radical (unpaired) electrons. The number of aromatic nitrogens is 1. The van der Waals surface area contributed by atoms with Crippen LogP contribution in [0.4, 0.5) is 5.69 Å². The molecule has 8 heteroatoms. The Hall–Kier alpha value is -1.93. The predicted molar refractivity (Wildman–Crippen MR) is 83.8 cm³/mol. The molecule has 0 bridgehead atoms. The SMILES string of the molecule is O=C(Nc1c(Br)cc(Br)cc1C(=O)O)c1ccc(=O)[nH]c1. The number of anilines is 1. The standard InChI is InChI=1S/C13H8Br2N2O4/c14-7-3-8(13(20)21)11(9(15)4-7)17-12(19)6-1-2-10(18)16-5-6/h1-5H,(H,16,18)(H,17,19)(H,20,21). The second kappa shape index (κ2) is 6.23. The number of carboxylic acid groups (broad SMARTS) is 1. The maximum atomic E-state index is 12.1. The summed E-state index contributed by atoms with van der Waals surface area (Å²) >= 11 is 6.40. The molecule has 0 saturated heterocycles. The van der Waals surface area contributed by atoms with E-state index < -0.39 is 11.9 Å². The van der Waals surface area contributed by atoms with Gasteiger partial charge in [-0.25, -0.2) is 4.79 Å². The number of halogens is 2. The first kappa shape index (κ1) is 15.5. The van der Waals surface area contributed by atoms with Crippen molar-refractivity contribution < 1.29 is 14.7 Å². The Morgan fingerprint density at radius 3 is 2.48 bits per heavy atom. The van der Waals surface area contributed by atoms with Gasteiger partial charge in [0, 0.05) is 21.2 Å². The first-order chi connectivity index (χ1) is 9.88. The Morgan fingerprint density at radius 2 is 1.90 bits per heavy atom. The third-order valence-corrected chi connectivity index (χ3v) is 3.65. The summed E-state index contributed by atoms with van der Waals surface area (Å²) in [5.74, 6) is -1.70. The molecule has 0 fully saturated rings. The highest BCUT2D eigenvalue weighted by molar-refractivity contribution is 9.11. The lowest BCUT2D eigenvalue weighted by molar-refractivity contribution is 0.0698. The first-order valence-corrected chi connectivity index (χ1v) is 7.19. The molecule has 6 nitrogen and oxygen atoms in total. The topological polar surface area (TPSA) is 99.3 Å². The van der Waals surface area contributed by atoms with Crippen molar-refractivity contribution in [3.8, 4) is 0 Å². The number of aromatic amines is 1. The Labute approximate surface area is 135 Å². The third kappa shape index (κ3) is 3.59. The molecule has 21 heavy (non-hydrogen) atoms. The molecule has 1 aromatic heterocycles. The molecular formula is C13H8Br2N2O4. The summed E-state index contributed by atoms with van der Waals surface area (Å²) in [6.45, 7) is 0. The molecule has 0 aliphatic heterocycles. The van der Waals surface area contributed by atoms with Gasteiger partial charge in [0.25, 0.3) is 5.91 Å². The van der Waals surface area contributed by atoms with Crippen LogP contribution in [-0.2, 0) is 0 Å². The molecule has 0 unspecified atom stereocenters. The van der Waals surface area contributed by atoms with Crippen molar-refractivity contribution in [3.05, 3.63) is 60.9 Å². The monoisotopic (exact) mass is 414 g/mol. The number of rotatable bonds is 3. The minimum atomic E-state index is -1.17. The van der Waals surface area contributed by atoms with Gasteiger partial charge in [0.05, 0.1) is 16.8 Å². The lowest BCUT2D eigenvalue weighted by Gasteiger charge is -2.11. The molecule has 0 aliphatic rings. The van der Waals surface area contributed by atoms with Crippen LogP contribution in [0, 0.1) is 0 Å². The van der Waals surface area contributed by atoms with E-state index in [4.69, 9.17) is 0 Å². The molecule has 0 atom stereocenters. The molecule has 1 aromatic carbocycles.